The fraction of sp³-hybridized carbons (Fsp3) is 0.182. The maximum atomic E-state index is 13.2. The second kappa shape index (κ2) is 4.40. The van der Waals surface area contributed by atoms with Gasteiger partial charge in [0.25, 0.3) is 0 Å². The Hall–Kier alpha value is -1.42. The highest BCUT2D eigenvalue weighted by Crippen LogP contribution is 2.19. The van der Waals surface area contributed by atoms with Gasteiger partial charge in [0.1, 0.15) is 6.61 Å². The third-order valence-electron chi connectivity index (χ3n) is 1.88. The molecule has 0 spiro atoms. The first-order valence-corrected chi connectivity index (χ1v) is 5.36. The van der Waals surface area contributed by atoms with Crippen molar-refractivity contribution in [1.82, 2.24) is 4.98 Å². The van der Waals surface area contributed by atoms with Crippen LogP contribution in [-0.4, -0.2) is 4.98 Å². The van der Waals surface area contributed by atoms with Crippen LogP contribution in [0.2, 0.25) is 0 Å². The van der Waals surface area contributed by atoms with E-state index in [9.17, 15) is 4.39 Å². The third-order valence-corrected chi connectivity index (χ3v) is 2.76. The largest absolute Gasteiger partial charge is 0.485 e. The Bertz CT molecular complexity index is 455. The molecule has 0 N–H and O–H groups in total. The van der Waals surface area contributed by atoms with Gasteiger partial charge in [0.15, 0.2) is 11.6 Å². The molecule has 2 aromatic rings. The van der Waals surface area contributed by atoms with Crippen molar-refractivity contribution in [2.45, 2.75) is 13.5 Å². The van der Waals surface area contributed by atoms with E-state index < -0.39 is 0 Å². The van der Waals surface area contributed by atoms with Gasteiger partial charge in [-0.05, 0) is 19.1 Å². The summed E-state index contributed by atoms with van der Waals surface area (Å²) in [5, 5.41) is 0.988. The lowest BCUT2D eigenvalue weighted by molar-refractivity contribution is 0.293. The van der Waals surface area contributed by atoms with Gasteiger partial charge in [-0.2, -0.15) is 0 Å². The maximum absolute atomic E-state index is 13.2. The van der Waals surface area contributed by atoms with Gasteiger partial charge in [0.2, 0.25) is 0 Å². The number of benzene rings is 1. The minimum atomic E-state index is -0.335. The number of rotatable bonds is 3. The zero-order chi connectivity index (χ0) is 10.7. The predicted octanol–water partition coefficient (Wildman–Crippen LogP) is 3.17. The van der Waals surface area contributed by atoms with Crippen LogP contribution in [0.25, 0.3) is 0 Å². The Morgan fingerprint density at radius 2 is 2.20 bits per heavy atom. The molecule has 0 saturated carbocycles. The number of hydrogen-bond donors (Lipinski definition) is 0. The van der Waals surface area contributed by atoms with Crippen LogP contribution < -0.4 is 4.74 Å². The second-order valence-electron chi connectivity index (χ2n) is 3.06. The van der Waals surface area contributed by atoms with Crippen LogP contribution in [0, 0.1) is 12.7 Å². The molecule has 1 aromatic heterocycles. The monoisotopic (exact) mass is 223 g/mol. The smallest absolute Gasteiger partial charge is 0.165 e. The number of para-hydroxylation sites is 1. The molecular weight excluding hydrogens is 213 g/mol. The number of ether oxygens (including phenoxy) is 1. The zero-order valence-electron chi connectivity index (χ0n) is 8.24. The molecule has 0 aliphatic heterocycles. The first kappa shape index (κ1) is 10.1. The van der Waals surface area contributed by atoms with Crippen molar-refractivity contribution >= 4 is 11.3 Å². The van der Waals surface area contributed by atoms with Crippen molar-refractivity contribution in [3.05, 3.63) is 46.2 Å². The van der Waals surface area contributed by atoms with E-state index in [0.717, 1.165) is 9.88 Å². The molecule has 2 rings (SSSR count). The van der Waals surface area contributed by atoms with Crippen LogP contribution in [0.3, 0.4) is 0 Å². The summed E-state index contributed by atoms with van der Waals surface area (Å²) in [7, 11) is 0. The van der Waals surface area contributed by atoms with Gasteiger partial charge < -0.3 is 4.74 Å². The lowest BCUT2D eigenvalue weighted by atomic mass is 10.3. The number of aromatic nitrogens is 1. The fourth-order valence-electron chi connectivity index (χ4n) is 1.18. The standard InChI is InChI=1S/C11H10FNOS/c1-8-13-6-9(15-8)7-14-11-5-3-2-4-10(11)12/h2-6H,7H2,1H3. The van der Waals surface area contributed by atoms with E-state index in [0.29, 0.717) is 6.61 Å². The first-order valence-electron chi connectivity index (χ1n) is 4.54. The van der Waals surface area contributed by atoms with Crippen molar-refractivity contribution in [2.24, 2.45) is 0 Å². The summed E-state index contributed by atoms with van der Waals surface area (Å²) >= 11 is 1.55. The van der Waals surface area contributed by atoms with Crippen molar-refractivity contribution in [1.29, 1.82) is 0 Å². The summed E-state index contributed by atoms with van der Waals surface area (Å²) in [6, 6.07) is 6.38. The zero-order valence-corrected chi connectivity index (χ0v) is 9.05. The average molecular weight is 223 g/mol. The quantitative estimate of drug-likeness (QED) is 0.797. The average Bonchev–Trinajstić information content (AvgIpc) is 2.63. The number of nitrogens with zero attached hydrogens (tertiary/aromatic N) is 1. The summed E-state index contributed by atoms with van der Waals surface area (Å²) in [6.45, 7) is 2.30. The number of hydrogen-bond acceptors (Lipinski definition) is 3. The van der Waals surface area contributed by atoms with Crippen molar-refractivity contribution in [3.8, 4) is 5.75 Å². The highest BCUT2D eigenvalue weighted by atomic mass is 32.1. The Morgan fingerprint density at radius 3 is 2.87 bits per heavy atom. The lowest BCUT2D eigenvalue weighted by Gasteiger charge is -2.04. The van der Waals surface area contributed by atoms with Crippen molar-refractivity contribution in [2.75, 3.05) is 0 Å². The topological polar surface area (TPSA) is 22.1 Å². The molecular formula is C11H10FNOS. The number of halogens is 1. The molecule has 4 heteroatoms. The van der Waals surface area contributed by atoms with Gasteiger partial charge in [0.05, 0.1) is 9.88 Å². The minimum absolute atomic E-state index is 0.281. The number of thiazole rings is 1. The van der Waals surface area contributed by atoms with Crippen molar-refractivity contribution < 1.29 is 9.13 Å². The van der Waals surface area contributed by atoms with Gasteiger partial charge in [-0.15, -0.1) is 11.3 Å². The molecule has 0 fully saturated rings. The van der Waals surface area contributed by atoms with Gasteiger partial charge in [0, 0.05) is 6.20 Å². The molecule has 0 saturated heterocycles. The van der Waals surface area contributed by atoms with E-state index in [4.69, 9.17) is 4.74 Å². The molecule has 0 amide bonds. The molecule has 0 atom stereocenters. The summed E-state index contributed by atoms with van der Waals surface area (Å²) in [5.41, 5.74) is 0. The van der Waals surface area contributed by atoms with Crippen molar-refractivity contribution in [3.63, 3.8) is 0 Å². The highest BCUT2D eigenvalue weighted by Gasteiger charge is 2.03. The summed E-state index contributed by atoms with van der Waals surface area (Å²) in [4.78, 5) is 5.09. The van der Waals surface area contributed by atoms with Gasteiger partial charge in [-0.3, -0.25) is 0 Å². The molecule has 0 unspecified atom stereocenters. The summed E-state index contributed by atoms with van der Waals surface area (Å²) < 4.78 is 18.5. The Morgan fingerprint density at radius 1 is 1.40 bits per heavy atom. The van der Waals surface area contributed by atoms with Gasteiger partial charge in [-0.1, -0.05) is 12.1 Å². The van der Waals surface area contributed by atoms with Crippen LogP contribution in [-0.2, 0) is 6.61 Å². The molecule has 0 aliphatic carbocycles. The fourth-order valence-corrected chi connectivity index (χ4v) is 1.89. The van der Waals surface area contributed by atoms with Crippen LogP contribution in [0.1, 0.15) is 9.88 Å². The SMILES string of the molecule is Cc1ncc(COc2ccccc2F)s1. The highest BCUT2D eigenvalue weighted by molar-refractivity contribution is 7.11. The molecule has 0 radical (unpaired) electrons. The molecule has 0 bridgehead atoms. The lowest BCUT2D eigenvalue weighted by Crippen LogP contribution is -1.94. The normalized spacial score (nSPS) is 10.3. The summed E-state index contributed by atoms with van der Waals surface area (Å²) in [5.74, 6) is -0.0534. The molecule has 2 nitrogen and oxygen atoms in total. The minimum Gasteiger partial charge on any atom is -0.485 e. The predicted molar refractivity (Wildman–Crippen MR) is 57.6 cm³/mol. The molecule has 0 aliphatic rings. The Balaban J connectivity index is 2.02. The number of aryl methyl sites for hydroxylation is 1. The second-order valence-corrected chi connectivity index (χ2v) is 4.38. The van der Waals surface area contributed by atoms with Gasteiger partial charge >= 0.3 is 0 Å². The van der Waals surface area contributed by atoms with E-state index in [2.05, 4.69) is 4.98 Å². The molecule has 1 heterocycles. The Kier molecular flexibility index (Phi) is 2.97. The Labute approximate surface area is 91.4 Å². The van der Waals surface area contributed by atoms with Crippen LogP contribution >= 0.6 is 11.3 Å². The van der Waals surface area contributed by atoms with Gasteiger partial charge in [-0.25, -0.2) is 9.37 Å². The van der Waals surface area contributed by atoms with E-state index >= 15 is 0 Å². The maximum Gasteiger partial charge on any atom is 0.165 e. The van der Waals surface area contributed by atoms with E-state index in [-0.39, 0.29) is 11.6 Å². The molecule has 15 heavy (non-hydrogen) atoms. The molecule has 78 valence electrons. The van der Waals surface area contributed by atoms with E-state index in [1.54, 1.807) is 35.7 Å². The third kappa shape index (κ3) is 2.53. The van der Waals surface area contributed by atoms with Crippen LogP contribution in [0.5, 0.6) is 5.75 Å². The summed E-state index contributed by atoms with van der Waals surface area (Å²) in [6.07, 6.45) is 1.75. The van der Waals surface area contributed by atoms with E-state index in [1.165, 1.54) is 6.07 Å². The van der Waals surface area contributed by atoms with E-state index in [1.807, 2.05) is 6.92 Å². The van der Waals surface area contributed by atoms with Crippen LogP contribution in [0.4, 0.5) is 4.39 Å². The van der Waals surface area contributed by atoms with Crippen LogP contribution in [0.15, 0.2) is 30.5 Å². The molecule has 1 aromatic carbocycles. The first-order chi connectivity index (χ1) is 7.25.